The highest BCUT2D eigenvalue weighted by atomic mass is 16.5. The Labute approximate surface area is 92.3 Å². The Morgan fingerprint density at radius 3 is 2.80 bits per heavy atom. The van der Waals surface area contributed by atoms with E-state index >= 15 is 0 Å². The average molecular weight is 217 g/mol. The van der Waals surface area contributed by atoms with E-state index in [1.807, 2.05) is 0 Å². The minimum atomic E-state index is 0.422. The van der Waals surface area contributed by atoms with Crippen molar-refractivity contribution < 1.29 is 14.2 Å². The van der Waals surface area contributed by atoms with Gasteiger partial charge >= 0.3 is 0 Å². The molecule has 0 saturated carbocycles. The van der Waals surface area contributed by atoms with Crippen LogP contribution in [0.5, 0.6) is 0 Å². The fraction of sp³-hybridized carbons (Fsp3) is 1.00. The van der Waals surface area contributed by atoms with E-state index in [1.54, 1.807) is 7.11 Å². The number of rotatable bonds is 7. The number of hydrogen-bond acceptors (Lipinski definition) is 4. The molecular weight excluding hydrogens is 194 g/mol. The van der Waals surface area contributed by atoms with Crippen LogP contribution in [0.15, 0.2) is 0 Å². The summed E-state index contributed by atoms with van der Waals surface area (Å²) < 4.78 is 15.9. The smallest absolute Gasteiger partial charge is 0.0704 e. The third-order valence-electron chi connectivity index (χ3n) is 2.54. The second-order valence-electron chi connectivity index (χ2n) is 3.78. The molecule has 0 amide bonds. The lowest BCUT2D eigenvalue weighted by Crippen LogP contribution is -2.19. The maximum absolute atomic E-state index is 5.74. The third-order valence-corrected chi connectivity index (χ3v) is 2.54. The van der Waals surface area contributed by atoms with Gasteiger partial charge in [0.05, 0.1) is 32.5 Å². The van der Waals surface area contributed by atoms with Gasteiger partial charge in [0.15, 0.2) is 0 Å². The van der Waals surface area contributed by atoms with E-state index in [2.05, 4.69) is 5.32 Å². The SMILES string of the molecule is COCCOCCOC1CCCNCC1. The molecule has 0 spiro atoms. The molecule has 1 rings (SSSR count). The summed E-state index contributed by atoms with van der Waals surface area (Å²) in [5.74, 6) is 0. The fourth-order valence-corrected chi connectivity index (χ4v) is 1.67. The molecule has 1 fully saturated rings. The van der Waals surface area contributed by atoms with Gasteiger partial charge in [-0.2, -0.15) is 0 Å². The molecule has 1 aliphatic heterocycles. The van der Waals surface area contributed by atoms with Crippen LogP contribution in [-0.4, -0.2) is 52.7 Å². The molecule has 90 valence electrons. The standard InChI is InChI=1S/C11H23NO3/c1-13-7-8-14-9-10-15-11-3-2-5-12-6-4-11/h11-12H,2-10H2,1H3. The fourth-order valence-electron chi connectivity index (χ4n) is 1.67. The molecule has 0 aromatic carbocycles. The van der Waals surface area contributed by atoms with E-state index in [0.29, 0.717) is 32.5 Å². The van der Waals surface area contributed by atoms with Crippen LogP contribution >= 0.6 is 0 Å². The van der Waals surface area contributed by atoms with E-state index in [9.17, 15) is 0 Å². The largest absolute Gasteiger partial charge is 0.382 e. The predicted molar refractivity (Wildman–Crippen MR) is 59.2 cm³/mol. The van der Waals surface area contributed by atoms with Gasteiger partial charge in [-0.3, -0.25) is 0 Å². The van der Waals surface area contributed by atoms with Gasteiger partial charge in [0.1, 0.15) is 0 Å². The Balaban J connectivity index is 1.89. The molecule has 15 heavy (non-hydrogen) atoms. The zero-order valence-corrected chi connectivity index (χ0v) is 9.67. The molecule has 0 aliphatic carbocycles. The van der Waals surface area contributed by atoms with Gasteiger partial charge in [0.25, 0.3) is 0 Å². The summed E-state index contributed by atoms with van der Waals surface area (Å²) in [7, 11) is 1.68. The quantitative estimate of drug-likeness (QED) is 0.641. The summed E-state index contributed by atoms with van der Waals surface area (Å²) in [5, 5.41) is 3.37. The molecule has 1 saturated heterocycles. The lowest BCUT2D eigenvalue weighted by atomic mass is 10.2. The number of methoxy groups -OCH3 is 1. The molecule has 1 aliphatic rings. The third kappa shape index (κ3) is 6.84. The Kier molecular flexibility index (Phi) is 7.83. The molecular formula is C11H23NO3. The monoisotopic (exact) mass is 217 g/mol. The van der Waals surface area contributed by atoms with Crippen LogP contribution < -0.4 is 5.32 Å². The van der Waals surface area contributed by atoms with Crippen molar-refractivity contribution in [3.05, 3.63) is 0 Å². The Morgan fingerprint density at radius 2 is 1.93 bits per heavy atom. The first kappa shape index (κ1) is 12.9. The van der Waals surface area contributed by atoms with Gasteiger partial charge in [0, 0.05) is 7.11 Å². The highest BCUT2D eigenvalue weighted by molar-refractivity contribution is 4.66. The summed E-state index contributed by atoms with van der Waals surface area (Å²) in [5.41, 5.74) is 0. The second kappa shape index (κ2) is 9.09. The first-order valence-electron chi connectivity index (χ1n) is 5.82. The van der Waals surface area contributed by atoms with Crippen molar-refractivity contribution in [1.29, 1.82) is 0 Å². The Morgan fingerprint density at radius 1 is 1.07 bits per heavy atom. The summed E-state index contributed by atoms with van der Waals surface area (Å²) in [6.45, 7) is 4.90. The molecule has 0 aromatic heterocycles. The van der Waals surface area contributed by atoms with Crippen LogP contribution in [0, 0.1) is 0 Å². The van der Waals surface area contributed by atoms with Gasteiger partial charge in [-0.05, 0) is 32.4 Å². The number of ether oxygens (including phenoxy) is 3. The van der Waals surface area contributed by atoms with Crippen LogP contribution in [0.2, 0.25) is 0 Å². The molecule has 0 aromatic rings. The molecule has 4 heteroatoms. The maximum Gasteiger partial charge on any atom is 0.0704 e. The zero-order chi connectivity index (χ0) is 10.8. The van der Waals surface area contributed by atoms with Crippen LogP contribution in [0.4, 0.5) is 0 Å². The Bertz CT molecular complexity index is 136. The van der Waals surface area contributed by atoms with Gasteiger partial charge in [-0.15, -0.1) is 0 Å². The molecule has 0 bridgehead atoms. The van der Waals surface area contributed by atoms with Crippen molar-refractivity contribution in [2.24, 2.45) is 0 Å². The van der Waals surface area contributed by atoms with Crippen molar-refractivity contribution in [2.75, 3.05) is 46.6 Å². The first-order chi connectivity index (χ1) is 7.43. The van der Waals surface area contributed by atoms with Gasteiger partial charge in [-0.1, -0.05) is 0 Å². The van der Waals surface area contributed by atoms with Gasteiger partial charge in [-0.25, -0.2) is 0 Å². The molecule has 0 radical (unpaired) electrons. The molecule has 1 heterocycles. The lowest BCUT2D eigenvalue weighted by Gasteiger charge is -2.14. The second-order valence-corrected chi connectivity index (χ2v) is 3.78. The van der Waals surface area contributed by atoms with E-state index in [1.165, 1.54) is 12.8 Å². The summed E-state index contributed by atoms with van der Waals surface area (Å²) in [6, 6.07) is 0. The highest BCUT2D eigenvalue weighted by Gasteiger charge is 2.11. The average Bonchev–Trinajstić information content (AvgIpc) is 2.52. The van der Waals surface area contributed by atoms with Gasteiger partial charge in [0.2, 0.25) is 0 Å². The molecule has 1 N–H and O–H groups in total. The summed E-state index contributed by atoms with van der Waals surface area (Å²) >= 11 is 0. The van der Waals surface area contributed by atoms with Crippen molar-refractivity contribution in [1.82, 2.24) is 5.32 Å². The van der Waals surface area contributed by atoms with E-state index in [-0.39, 0.29) is 0 Å². The molecule has 1 atom stereocenters. The van der Waals surface area contributed by atoms with Crippen LogP contribution in [0.1, 0.15) is 19.3 Å². The normalized spacial score (nSPS) is 22.6. The highest BCUT2D eigenvalue weighted by Crippen LogP contribution is 2.08. The minimum Gasteiger partial charge on any atom is -0.382 e. The molecule has 1 unspecified atom stereocenters. The number of hydrogen-bond donors (Lipinski definition) is 1. The molecule has 4 nitrogen and oxygen atoms in total. The number of nitrogens with one attached hydrogen (secondary N) is 1. The van der Waals surface area contributed by atoms with E-state index < -0.39 is 0 Å². The van der Waals surface area contributed by atoms with Crippen LogP contribution in [0.3, 0.4) is 0 Å². The first-order valence-corrected chi connectivity index (χ1v) is 5.82. The van der Waals surface area contributed by atoms with Crippen LogP contribution in [-0.2, 0) is 14.2 Å². The summed E-state index contributed by atoms with van der Waals surface area (Å²) in [4.78, 5) is 0. The van der Waals surface area contributed by atoms with E-state index in [0.717, 1.165) is 19.5 Å². The Hall–Kier alpha value is -0.160. The topological polar surface area (TPSA) is 39.7 Å². The minimum absolute atomic E-state index is 0.422. The zero-order valence-electron chi connectivity index (χ0n) is 9.67. The van der Waals surface area contributed by atoms with Crippen molar-refractivity contribution in [2.45, 2.75) is 25.4 Å². The lowest BCUT2D eigenvalue weighted by molar-refractivity contribution is -0.00985. The van der Waals surface area contributed by atoms with Crippen molar-refractivity contribution in [3.8, 4) is 0 Å². The predicted octanol–water partition coefficient (Wildman–Crippen LogP) is 0.808. The summed E-state index contributed by atoms with van der Waals surface area (Å²) in [6.07, 6.45) is 3.93. The van der Waals surface area contributed by atoms with Crippen molar-refractivity contribution in [3.63, 3.8) is 0 Å². The van der Waals surface area contributed by atoms with Crippen LogP contribution in [0.25, 0.3) is 0 Å². The van der Waals surface area contributed by atoms with E-state index in [4.69, 9.17) is 14.2 Å². The van der Waals surface area contributed by atoms with Gasteiger partial charge < -0.3 is 19.5 Å². The van der Waals surface area contributed by atoms with Crippen molar-refractivity contribution >= 4 is 0 Å². The maximum atomic E-state index is 5.74.